The highest BCUT2D eigenvalue weighted by molar-refractivity contribution is 5.76. The van der Waals surface area contributed by atoms with Gasteiger partial charge in [-0.05, 0) is 36.6 Å². The van der Waals surface area contributed by atoms with E-state index in [1.807, 2.05) is 41.4 Å². The smallest absolute Gasteiger partial charge is 0.222 e. The second kappa shape index (κ2) is 8.12. The van der Waals surface area contributed by atoms with Gasteiger partial charge in [0.15, 0.2) is 0 Å². The summed E-state index contributed by atoms with van der Waals surface area (Å²) < 4.78 is 0. The van der Waals surface area contributed by atoms with Crippen LogP contribution in [-0.2, 0) is 11.2 Å². The van der Waals surface area contributed by atoms with Crippen molar-refractivity contribution in [2.45, 2.75) is 25.8 Å². The van der Waals surface area contributed by atoms with Crippen molar-refractivity contribution in [2.24, 2.45) is 0 Å². The van der Waals surface area contributed by atoms with Gasteiger partial charge in [0.2, 0.25) is 5.91 Å². The van der Waals surface area contributed by atoms with E-state index in [0.29, 0.717) is 18.9 Å². The van der Waals surface area contributed by atoms with Gasteiger partial charge in [-0.1, -0.05) is 24.3 Å². The lowest BCUT2D eigenvalue weighted by Crippen LogP contribution is -2.49. The zero-order valence-corrected chi connectivity index (χ0v) is 14.8. The third kappa shape index (κ3) is 4.37. The number of carbonyl (C=O) groups excluding carboxylic acids is 1. The molecular formula is C20H26N4O. The second-order valence-corrected chi connectivity index (χ2v) is 6.58. The SMILES string of the molecule is CC(c1cccnc1)N1CCN(C(=O)CCc2ccccc2N)CC1. The summed E-state index contributed by atoms with van der Waals surface area (Å²) in [5.41, 5.74) is 9.00. The Hall–Kier alpha value is -2.40. The molecule has 1 atom stereocenters. The maximum atomic E-state index is 12.5. The Morgan fingerprint density at radius 2 is 1.92 bits per heavy atom. The number of carbonyl (C=O) groups is 1. The minimum absolute atomic E-state index is 0.219. The fourth-order valence-corrected chi connectivity index (χ4v) is 3.35. The molecule has 3 rings (SSSR count). The zero-order chi connectivity index (χ0) is 17.6. The lowest BCUT2D eigenvalue weighted by molar-refractivity contribution is -0.133. The van der Waals surface area contributed by atoms with E-state index in [1.54, 1.807) is 6.20 Å². The molecule has 1 unspecified atom stereocenters. The Balaban J connectivity index is 1.48. The topological polar surface area (TPSA) is 62.5 Å². The van der Waals surface area contributed by atoms with Crippen LogP contribution in [0.25, 0.3) is 0 Å². The first-order chi connectivity index (χ1) is 12.1. The van der Waals surface area contributed by atoms with Crippen molar-refractivity contribution < 1.29 is 4.79 Å². The molecule has 0 radical (unpaired) electrons. The molecular weight excluding hydrogens is 312 g/mol. The van der Waals surface area contributed by atoms with Gasteiger partial charge in [0.05, 0.1) is 0 Å². The number of nitrogen functional groups attached to an aromatic ring is 1. The second-order valence-electron chi connectivity index (χ2n) is 6.58. The molecule has 2 heterocycles. The highest BCUT2D eigenvalue weighted by atomic mass is 16.2. The first kappa shape index (κ1) is 17.4. The van der Waals surface area contributed by atoms with Gasteiger partial charge in [-0.25, -0.2) is 0 Å². The summed E-state index contributed by atoms with van der Waals surface area (Å²) in [6.45, 7) is 5.57. The standard InChI is InChI=1S/C20H26N4O/c1-16(18-6-4-10-22-15-18)23-11-13-24(14-12-23)20(25)9-8-17-5-2-3-7-19(17)21/h2-7,10,15-16H,8-9,11-14,21H2,1H3. The summed E-state index contributed by atoms with van der Waals surface area (Å²) in [5, 5.41) is 0. The fourth-order valence-electron chi connectivity index (χ4n) is 3.35. The molecule has 2 aromatic rings. The van der Waals surface area contributed by atoms with Gasteiger partial charge in [0, 0.05) is 56.7 Å². The predicted octanol–water partition coefficient (Wildman–Crippen LogP) is 2.50. The van der Waals surface area contributed by atoms with Gasteiger partial charge in [-0.15, -0.1) is 0 Å². The Morgan fingerprint density at radius 3 is 2.60 bits per heavy atom. The Morgan fingerprint density at radius 1 is 1.16 bits per heavy atom. The maximum absolute atomic E-state index is 12.5. The number of nitrogens with two attached hydrogens (primary N) is 1. The predicted molar refractivity (Wildman–Crippen MR) is 100.0 cm³/mol. The minimum Gasteiger partial charge on any atom is -0.399 e. The lowest BCUT2D eigenvalue weighted by atomic mass is 10.1. The van der Waals surface area contributed by atoms with Crippen LogP contribution in [0.2, 0.25) is 0 Å². The fraction of sp³-hybridized carbons (Fsp3) is 0.400. The molecule has 1 aromatic carbocycles. The number of aromatic nitrogens is 1. The largest absolute Gasteiger partial charge is 0.399 e. The number of aryl methyl sites for hydroxylation is 1. The molecule has 1 amide bonds. The first-order valence-electron chi connectivity index (χ1n) is 8.90. The molecule has 1 aromatic heterocycles. The first-order valence-corrected chi connectivity index (χ1v) is 8.90. The molecule has 5 heteroatoms. The number of anilines is 1. The van der Waals surface area contributed by atoms with Crippen LogP contribution < -0.4 is 5.73 Å². The normalized spacial score (nSPS) is 16.6. The molecule has 132 valence electrons. The molecule has 0 aliphatic carbocycles. The van der Waals surface area contributed by atoms with E-state index in [9.17, 15) is 4.79 Å². The average Bonchev–Trinajstić information content (AvgIpc) is 2.67. The van der Waals surface area contributed by atoms with E-state index >= 15 is 0 Å². The van der Waals surface area contributed by atoms with Crippen LogP contribution >= 0.6 is 0 Å². The van der Waals surface area contributed by atoms with Crippen molar-refractivity contribution in [1.29, 1.82) is 0 Å². The number of para-hydroxylation sites is 1. The van der Waals surface area contributed by atoms with Gasteiger partial charge < -0.3 is 10.6 Å². The van der Waals surface area contributed by atoms with Crippen LogP contribution in [0.4, 0.5) is 5.69 Å². The third-order valence-electron chi connectivity index (χ3n) is 5.04. The van der Waals surface area contributed by atoms with Gasteiger partial charge in [-0.3, -0.25) is 14.7 Å². The number of hydrogen-bond acceptors (Lipinski definition) is 4. The minimum atomic E-state index is 0.219. The molecule has 1 fully saturated rings. The number of benzene rings is 1. The Bertz CT molecular complexity index is 696. The van der Waals surface area contributed by atoms with Crippen LogP contribution in [-0.4, -0.2) is 46.9 Å². The van der Waals surface area contributed by atoms with Crippen LogP contribution in [0.1, 0.15) is 30.5 Å². The number of amides is 1. The number of nitrogens with zero attached hydrogens (tertiary/aromatic N) is 3. The molecule has 0 bridgehead atoms. The number of hydrogen-bond donors (Lipinski definition) is 1. The van der Waals surface area contributed by atoms with Crippen molar-refractivity contribution in [3.05, 3.63) is 59.9 Å². The Kier molecular flexibility index (Phi) is 5.66. The summed E-state index contributed by atoms with van der Waals surface area (Å²) in [7, 11) is 0. The number of piperazine rings is 1. The monoisotopic (exact) mass is 338 g/mol. The average molecular weight is 338 g/mol. The van der Waals surface area contributed by atoms with Crippen molar-refractivity contribution in [3.63, 3.8) is 0 Å². The summed E-state index contributed by atoms with van der Waals surface area (Å²) in [4.78, 5) is 21.1. The van der Waals surface area contributed by atoms with E-state index in [0.717, 1.165) is 37.4 Å². The zero-order valence-electron chi connectivity index (χ0n) is 14.8. The maximum Gasteiger partial charge on any atom is 0.222 e. The van der Waals surface area contributed by atoms with Crippen molar-refractivity contribution in [3.8, 4) is 0 Å². The number of pyridine rings is 1. The third-order valence-corrected chi connectivity index (χ3v) is 5.04. The van der Waals surface area contributed by atoms with E-state index in [-0.39, 0.29) is 5.91 Å². The van der Waals surface area contributed by atoms with Gasteiger partial charge in [0.25, 0.3) is 0 Å². The van der Waals surface area contributed by atoms with Crippen LogP contribution in [0.5, 0.6) is 0 Å². The van der Waals surface area contributed by atoms with E-state index in [4.69, 9.17) is 5.73 Å². The van der Waals surface area contributed by atoms with Crippen LogP contribution in [0.15, 0.2) is 48.8 Å². The van der Waals surface area contributed by atoms with Gasteiger partial charge in [-0.2, -0.15) is 0 Å². The molecule has 25 heavy (non-hydrogen) atoms. The lowest BCUT2D eigenvalue weighted by Gasteiger charge is -2.38. The molecule has 1 aliphatic heterocycles. The van der Waals surface area contributed by atoms with E-state index < -0.39 is 0 Å². The molecule has 2 N–H and O–H groups in total. The number of rotatable bonds is 5. The summed E-state index contributed by atoms with van der Waals surface area (Å²) >= 11 is 0. The molecule has 5 nitrogen and oxygen atoms in total. The highest BCUT2D eigenvalue weighted by Crippen LogP contribution is 2.21. The van der Waals surface area contributed by atoms with E-state index in [2.05, 4.69) is 22.9 Å². The summed E-state index contributed by atoms with van der Waals surface area (Å²) in [6.07, 6.45) is 4.95. The molecule has 1 saturated heterocycles. The summed E-state index contributed by atoms with van der Waals surface area (Å²) in [5.74, 6) is 0.219. The van der Waals surface area contributed by atoms with Crippen LogP contribution in [0, 0.1) is 0 Å². The molecule has 1 aliphatic rings. The van der Waals surface area contributed by atoms with Gasteiger partial charge in [0.1, 0.15) is 0 Å². The Labute approximate surface area is 149 Å². The van der Waals surface area contributed by atoms with Gasteiger partial charge >= 0.3 is 0 Å². The summed E-state index contributed by atoms with van der Waals surface area (Å²) in [6, 6.07) is 12.2. The molecule has 0 saturated carbocycles. The van der Waals surface area contributed by atoms with Crippen molar-refractivity contribution in [2.75, 3.05) is 31.9 Å². The van der Waals surface area contributed by atoms with E-state index in [1.165, 1.54) is 5.56 Å². The quantitative estimate of drug-likeness (QED) is 0.851. The van der Waals surface area contributed by atoms with Crippen molar-refractivity contribution in [1.82, 2.24) is 14.8 Å². The molecule has 0 spiro atoms. The van der Waals surface area contributed by atoms with Crippen LogP contribution in [0.3, 0.4) is 0 Å². The highest BCUT2D eigenvalue weighted by Gasteiger charge is 2.24. The van der Waals surface area contributed by atoms with Crippen molar-refractivity contribution >= 4 is 11.6 Å².